The van der Waals surface area contributed by atoms with E-state index in [0.717, 1.165) is 17.2 Å². The summed E-state index contributed by atoms with van der Waals surface area (Å²) in [4.78, 5) is 0. The summed E-state index contributed by atoms with van der Waals surface area (Å²) < 4.78 is 31.8. The molecule has 0 heterocycles. The van der Waals surface area contributed by atoms with E-state index in [2.05, 4.69) is 5.32 Å². The van der Waals surface area contributed by atoms with Gasteiger partial charge in [0.25, 0.3) is 0 Å². The number of nitrogens with one attached hydrogen (secondary N) is 1. The molecule has 2 aromatic carbocycles. The van der Waals surface area contributed by atoms with Crippen LogP contribution in [0, 0.1) is 18.6 Å². The molecule has 2 aromatic rings. The lowest BCUT2D eigenvalue weighted by molar-refractivity contribution is 0.405. The molecule has 0 saturated carbocycles. The highest BCUT2D eigenvalue weighted by molar-refractivity contribution is 5.43. The third-order valence-corrected chi connectivity index (χ3v) is 3.26. The fourth-order valence-corrected chi connectivity index (χ4v) is 2.27. The first-order valence-corrected chi connectivity index (χ1v) is 6.33. The minimum absolute atomic E-state index is 0.264. The van der Waals surface area contributed by atoms with Crippen molar-refractivity contribution in [2.45, 2.75) is 13.0 Å². The van der Waals surface area contributed by atoms with Crippen LogP contribution in [-0.2, 0) is 0 Å². The van der Waals surface area contributed by atoms with Gasteiger partial charge in [0.05, 0.1) is 13.2 Å². The molecule has 0 bridgehead atoms. The van der Waals surface area contributed by atoms with E-state index in [1.807, 2.05) is 25.1 Å². The van der Waals surface area contributed by atoms with Crippen LogP contribution in [-0.4, -0.2) is 14.2 Å². The van der Waals surface area contributed by atoms with Crippen LogP contribution < -0.4 is 10.1 Å². The summed E-state index contributed by atoms with van der Waals surface area (Å²) in [6, 6.07) is 9.44. The van der Waals surface area contributed by atoms with Crippen molar-refractivity contribution in [3.05, 3.63) is 64.7 Å². The lowest BCUT2D eigenvalue weighted by Gasteiger charge is -2.20. The van der Waals surface area contributed by atoms with Crippen LogP contribution in [0.2, 0.25) is 0 Å². The van der Waals surface area contributed by atoms with Gasteiger partial charge in [-0.2, -0.15) is 0 Å². The van der Waals surface area contributed by atoms with Gasteiger partial charge in [-0.05, 0) is 37.7 Å². The van der Waals surface area contributed by atoms with Crippen LogP contribution in [0.4, 0.5) is 8.78 Å². The molecule has 0 radical (unpaired) electrons. The smallest absolute Gasteiger partial charge is 0.159 e. The molecule has 106 valence electrons. The first-order valence-electron chi connectivity index (χ1n) is 6.33. The Kier molecular flexibility index (Phi) is 4.35. The van der Waals surface area contributed by atoms with E-state index >= 15 is 0 Å². The molecule has 0 aliphatic heterocycles. The van der Waals surface area contributed by atoms with Crippen LogP contribution in [0.1, 0.15) is 22.7 Å². The van der Waals surface area contributed by atoms with Crippen molar-refractivity contribution >= 4 is 0 Å². The average Bonchev–Trinajstić information content (AvgIpc) is 2.44. The molecule has 0 amide bonds. The van der Waals surface area contributed by atoms with E-state index in [4.69, 9.17) is 4.74 Å². The molecule has 20 heavy (non-hydrogen) atoms. The van der Waals surface area contributed by atoms with Gasteiger partial charge in [0.15, 0.2) is 11.6 Å². The molecule has 2 nitrogen and oxygen atoms in total. The van der Waals surface area contributed by atoms with Gasteiger partial charge in [-0.3, -0.25) is 0 Å². The molecule has 0 aromatic heterocycles. The quantitative estimate of drug-likeness (QED) is 0.922. The van der Waals surface area contributed by atoms with Crippen molar-refractivity contribution in [2.24, 2.45) is 0 Å². The van der Waals surface area contributed by atoms with Crippen molar-refractivity contribution in [1.82, 2.24) is 5.32 Å². The number of aryl methyl sites for hydroxylation is 1. The summed E-state index contributed by atoms with van der Waals surface area (Å²) in [6.07, 6.45) is 0. The molecule has 0 saturated heterocycles. The van der Waals surface area contributed by atoms with E-state index in [0.29, 0.717) is 11.3 Å². The molecular formula is C16H17F2NO. The average molecular weight is 277 g/mol. The Morgan fingerprint density at radius 1 is 1.05 bits per heavy atom. The first kappa shape index (κ1) is 14.5. The molecule has 1 atom stereocenters. The second-order valence-electron chi connectivity index (χ2n) is 4.64. The molecule has 4 heteroatoms. The summed E-state index contributed by atoms with van der Waals surface area (Å²) in [7, 11) is 3.36. The van der Waals surface area contributed by atoms with Crippen LogP contribution in [0.25, 0.3) is 0 Å². The van der Waals surface area contributed by atoms with Crippen LogP contribution in [0.3, 0.4) is 0 Å². The number of halogens is 2. The SMILES string of the molecule is CNC(c1ccc(F)c(F)c1)c1cc(C)ccc1OC. The van der Waals surface area contributed by atoms with Gasteiger partial charge in [0, 0.05) is 5.56 Å². The third-order valence-electron chi connectivity index (χ3n) is 3.26. The van der Waals surface area contributed by atoms with Crippen molar-refractivity contribution < 1.29 is 13.5 Å². The summed E-state index contributed by atoms with van der Waals surface area (Å²) >= 11 is 0. The first-order chi connectivity index (χ1) is 9.56. The van der Waals surface area contributed by atoms with E-state index in [1.54, 1.807) is 20.2 Å². The Balaban J connectivity index is 2.51. The lowest BCUT2D eigenvalue weighted by atomic mass is 9.96. The summed E-state index contributed by atoms with van der Waals surface area (Å²) in [5.41, 5.74) is 2.61. The number of hydrogen-bond donors (Lipinski definition) is 1. The number of methoxy groups -OCH3 is 1. The predicted molar refractivity (Wildman–Crippen MR) is 75.0 cm³/mol. The zero-order chi connectivity index (χ0) is 14.7. The summed E-state index contributed by atoms with van der Waals surface area (Å²) in [5.74, 6) is -0.992. The Bertz CT molecular complexity index is 613. The van der Waals surface area contributed by atoms with Gasteiger partial charge in [-0.25, -0.2) is 8.78 Å². The second kappa shape index (κ2) is 6.01. The maximum Gasteiger partial charge on any atom is 0.159 e. The zero-order valence-electron chi connectivity index (χ0n) is 11.7. The van der Waals surface area contributed by atoms with Crippen molar-refractivity contribution in [3.63, 3.8) is 0 Å². The Hall–Kier alpha value is -1.94. The van der Waals surface area contributed by atoms with Crippen LogP contribution >= 0.6 is 0 Å². The second-order valence-corrected chi connectivity index (χ2v) is 4.64. The molecule has 1 unspecified atom stereocenters. The number of benzene rings is 2. The fraction of sp³-hybridized carbons (Fsp3) is 0.250. The van der Waals surface area contributed by atoms with Crippen molar-refractivity contribution in [3.8, 4) is 5.75 Å². The van der Waals surface area contributed by atoms with Gasteiger partial charge < -0.3 is 10.1 Å². The summed E-state index contributed by atoms with van der Waals surface area (Å²) in [5, 5.41) is 3.11. The highest BCUT2D eigenvalue weighted by Gasteiger charge is 2.18. The monoisotopic (exact) mass is 277 g/mol. The van der Waals surface area contributed by atoms with Crippen molar-refractivity contribution in [2.75, 3.05) is 14.2 Å². The minimum atomic E-state index is -0.852. The number of ether oxygens (including phenoxy) is 1. The van der Waals surface area contributed by atoms with Gasteiger partial charge in [0.2, 0.25) is 0 Å². The highest BCUT2D eigenvalue weighted by Crippen LogP contribution is 2.31. The van der Waals surface area contributed by atoms with Gasteiger partial charge in [-0.1, -0.05) is 23.8 Å². The third kappa shape index (κ3) is 2.80. The molecule has 2 rings (SSSR count). The highest BCUT2D eigenvalue weighted by atomic mass is 19.2. The number of rotatable bonds is 4. The minimum Gasteiger partial charge on any atom is -0.496 e. The lowest BCUT2D eigenvalue weighted by Crippen LogP contribution is -2.19. The fourth-order valence-electron chi connectivity index (χ4n) is 2.27. The topological polar surface area (TPSA) is 21.3 Å². The van der Waals surface area contributed by atoms with Crippen LogP contribution in [0.5, 0.6) is 5.75 Å². The predicted octanol–water partition coefficient (Wildman–Crippen LogP) is 3.59. The van der Waals surface area contributed by atoms with E-state index in [1.165, 1.54) is 6.07 Å². The molecule has 0 aliphatic carbocycles. The Labute approximate surface area is 117 Å². The zero-order valence-corrected chi connectivity index (χ0v) is 11.7. The Morgan fingerprint density at radius 3 is 2.40 bits per heavy atom. The van der Waals surface area contributed by atoms with E-state index < -0.39 is 11.6 Å². The van der Waals surface area contributed by atoms with Crippen molar-refractivity contribution in [1.29, 1.82) is 0 Å². The molecular weight excluding hydrogens is 260 g/mol. The largest absolute Gasteiger partial charge is 0.496 e. The number of hydrogen-bond acceptors (Lipinski definition) is 2. The van der Waals surface area contributed by atoms with Gasteiger partial charge in [-0.15, -0.1) is 0 Å². The molecule has 0 aliphatic rings. The van der Waals surface area contributed by atoms with E-state index in [-0.39, 0.29) is 6.04 Å². The summed E-state index contributed by atoms with van der Waals surface area (Å²) in [6.45, 7) is 1.97. The maximum absolute atomic E-state index is 13.4. The van der Waals surface area contributed by atoms with E-state index in [9.17, 15) is 8.78 Å². The Morgan fingerprint density at radius 2 is 1.80 bits per heavy atom. The molecule has 0 spiro atoms. The van der Waals surface area contributed by atoms with Crippen LogP contribution in [0.15, 0.2) is 36.4 Å². The maximum atomic E-state index is 13.4. The van der Waals surface area contributed by atoms with Gasteiger partial charge in [0.1, 0.15) is 5.75 Å². The van der Waals surface area contributed by atoms with Gasteiger partial charge >= 0.3 is 0 Å². The molecule has 0 fully saturated rings. The standard InChI is InChI=1S/C16H17F2NO/c1-10-4-7-15(20-3)12(8-10)16(19-2)11-5-6-13(17)14(18)9-11/h4-9,16,19H,1-3H3. The molecule has 1 N–H and O–H groups in total. The normalized spacial score (nSPS) is 12.2.